The molecule has 1 atom stereocenters. The number of halogens is 1. The van der Waals surface area contributed by atoms with E-state index >= 15 is 0 Å². The minimum atomic E-state index is -0.221. The molecule has 94 valence electrons. The third-order valence-corrected chi connectivity index (χ3v) is 2.84. The summed E-state index contributed by atoms with van der Waals surface area (Å²) in [7, 11) is 0. The molecule has 0 aliphatic heterocycles. The molecule has 2 aromatic rings. The van der Waals surface area contributed by atoms with Gasteiger partial charge in [0.2, 0.25) is 5.95 Å². The minimum Gasteiger partial charge on any atom is -0.352 e. The van der Waals surface area contributed by atoms with Crippen molar-refractivity contribution in [1.82, 2.24) is 9.55 Å². The molecule has 0 aliphatic carbocycles. The Balaban J connectivity index is 2.22. The summed E-state index contributed by atoms with van der Waals surface area (Å²) in [5, 5.41) is 3.16. The van der Waals surface area contributed by atoms with E-state index in [9.17, 15) is 4.39 Å². The smallest absolute Gasteiger partial charge is 0.203 e. The molecule has 4 heteroatoms. The van der Waals surface area contributed by atoms with Crippen molar-refractivity contribution in [2.75, 3.05) is 11.9 Å². The van der Waals surface area contributed by atoms with Crippen LogP contribution in [-0.4, -0.2) is 16.1 Å². The van der Waals surface area contributed by atoms with Crippen LogP contribution in [0.1, 0.15) is 18.5 Å². The molecular formula is C14H16FN3. The second kappa shape index (κ2) is 5.49. The van der Waals surface area contributed by atoms with E-state index < -0.39 is 0 Å². The molecule has 1 aromatic carbocycles. The minimum absolute atomic E-state index is 0.0976. The number of rotatable bonds is 5. The standard InChI is InChI=1S/C14H16FN3/c1-3-8-16-14-17-9-10-18(14)11(2)12-4-6-13(15)7-5-12/h3-7,9-11H,1,8H2,2H3,(H,16,17). The van der Waals surface area contributed by atoms with E-state index in [0.29, 0.717) is 6.54 Å². The maximum atomic E-state index is 12.9. The first kappa shape index (κ1) is 12.4. The Morgan fingerprint density at radius 1 is 1.44 bits per heavy atom. The van der Waals surface area contributed by atoms with E-state index in [-0.39, 0.29) is 11.9 Å². The topological polar surface area (TPSA) is 29.9 Å². The van der Waals surface area contributed by atoms with Gasteiger partial charge in [0.1, 0.15) is 5.82 Å². The van der Waals surface area contributed by atoms with Crippen LogP contribution in [0, 0.1) is 5.82 Å². The number of imidazole rings is 1. The average Bonchev–Trinajstić information content (AvgIpc) is 2.84. The molecule has 0 amide bonds. The Morgan fingerprint density at radius 3 is 2.83 bits per heavy atom. The first-order valence-electron chi connectivity index (χ1n) is 5.85. The van der Waals surface area contributed by atoms with Crippen molar-refractivity contribution < 1.29 is 4.39 Å². The molecule has 1 N–H and O–H groups in total. The molecule has 0 saturated carbocycles. The zero-order chi connectivity index (χ0) is 13.0. The predicted octanol–water partition coefficient (Wildman–Crippen LogP) is 3.23. The first-order valence-corrected chi connectivity index (χ1v) is 5.85. The number of nitrogens with one attached hydrogen (secondary N) is 1. The highest BCUT2D eigenvalue weighted by atomic mass is 19.1. The molecule has 0 bridgehead atoms. The van der Waals surface area contributed by atoms with Crippen molar-refractivity contribution in [1.29, 1.82) is 0 Å². The van der Waals surface area contributed by atoms with Gasteiger partial charge in [-0.05, 0) is 24.6 Å². The number of nitrogens with zero attached hydrogens (tertiary/aromatic N) is 2. The van der Waals surface area contributed by atoms with Gasteiger partial charge in [0.15, 0.2) is 0 Å². The van der Waals surface area contributed by atoms with Crippen molar-refractivity contribution >= 4 is 5.95 Å². The van der Waals surface area contributed by atoms with Crippen molar-refractivity contribution in [2.45, 2.75) is 13.0 Å². The molecule has 0 spiro atoms. The first-order chi connectivity index (χ1) is 8.72. The van der Waals surface area contributed by atoms with Crippen LogP contribution in [0.15, 0.2) is 49.3 Å². The normalized spacial score (nSPS) is 12.1. The summed E-state index contributed by atoms with van der Waals surface area (Å²) >= 11 is 0. The number of hydrogen-bond acceptors (Lipinski definition) is 2. The summed E-state index contributed by atoms with van der Waals surface area (Å²) in [5.74, 6) is 0.563. The molecule has 1 heterocycles. The zero-order valence-electron chi connectivity index (χ0n) is 10.3. The van der Waals surface area contributed by atoms with Crippen LogP contribution in [0.4, 0.5) is 10.3 Å². The maximum Gasteiger partial charge on any atom is 0.203 e. The van der Waals surface area contributed by atoms with Crippen LogP contribution in [0.2, 0.25) is 0 Å². The van der Waals surface area contributed by atoms with Gasteiger partial charge < -0.3 is 9.88 Å². The fourth-order valence-corrected chi connectivity index (χ4v) is 1.83. The number of aromatic nitrogens is 2. The lowest BCUT2D eigenvalue weighted by molar-refractivity contribution is 0.617. The van der Waals surface area contributed by atoms with Gasteiger partial charge in [-0.3, -0.25) is 0 Å². The lowest BCUT2D eigenvalue weighted by atomic mass is 10.1. The molecule has 1 unspecified atom stereocenters. The van der Waals surface area contributed by atoms with Crippen LogP contribution in [0.3, 0.4) is 0 Å². The summed E-state index contributed by atoms with van der Waals surface area (Å²) < 4.78 is 14.9. The third kappa shape index (κ3) is 2.59. The van der Waals surface area contributed by atoms with E-state index in [0.717, 1.165) is 11.5 Å². The third-order valence-electron chi connectivity index (χ3n) is 2.84. The largest absolute Gasteiger partial charge is 0.352 e. The van der Waals surface area contributed by atoms with Gasteiger partial charge in [-0.15, -0.1) is 6.58 Å². The number of hydrogen-bond donors (Lipinski definition) is 1. The molecule has 2 rings (SSSR count). The molecule has 1 aromatic heterocycles. The fourth-order valence-electron chi connectivity index (χ4n) is 1.83. The van der Waals surface area contributed by atoms with E-state index in [4.69, 9.17) is 0 Å². The van der Waals surface area contributed by atoms with Crippen molar-refractivity contribution in [2.24, 2.45) is 0 Å². The van der Waals surface area contributed by atoms with Crippen molar-refractivity contribution in [3.63, 3.8) is 0 Å². The van der Waals surface area contributed by atoms with Crippen LogP contribution in [-0.2, 0) is 0 Å². The van der Waals surface area contributed by atoms with E-state index in [1.807, 2.05) is 17.7 Å². The summed E-state index contributed by atoms with van der Waals surface area (Å²) in [6, 6.07) is 6.62. The van der Waals surface area contributed by atoms with E-state index in [1.165, 1.54) is 12.1 Å². The Bertz CT molecular complexity index is 516. The van der Waals surface area contributed by atoms with Gasteiger partial charge in [0.25, 0.3) is 0 Å². The second-order valence-corrected chi connectivity index (χ2v) is 4.06. The maximum absolute atomic E-state index is 12.9. The molecule has 0 aliphatic rings. The quantitative estimate of drug-likeness (QED) is 0.820. The zero-order valence-corrected chi connectivity index (χ0v) is 10.3. The Hall–Kier alpha value is -2.10. The van der Waals surface area contributed by atoms with Gasteiger partial charge in [0.05, 0.1) is 6.04 Å². The van der Waals surface area contributed by atoms with Gasteiger partial charge in [-0.1, -0.05) is 18.2 Å². The molecule has 18 heavy (non-hydrogen) atoms. The molecule has 0 fully saturated rings. The van der Waals surface area contributed by atoms with Crippen LogP contribution >= 0.6 is 0 Å². The van der Waals surface area contributed by atoms with Gasteiger partial charge >= 0.3 is 0 Å². The lowest BCUT2D eigenvalue weighted by Gasteiger charge is -2.17. The van der Waals surface area contributed by atoms with E-state index in [2.05, 4.69) is 16.9 Å². The lowest BCUT2D eigenvalue weighted by Crippen LogP contribution is -2.11. The average molecular weight is 245 g/mol. The van der Waals surface area contributed by atoms with Crippen LogP contribution < -0.4 is 5.32 Å². The van der Waals surface area contributed by atoms with Crippen molar-refractivity contribution in [3.05, 3.63) is 60.7 Å². The van der Waals surface area contributed by atoms with Crippen molar-refractivity contribution in [3.8, 4) is 0 Å². The SMILES string of the molecule is C=CCNc1nccn1C(C)c1ccc(F)cc1. The van der Waals surface area contributed by atoms with Gasteiger partial charge in [-0.2, -0.15) is 0 Å². The fraction of sp³-hybridized carbons (Fsp3) is 0.214. The highest BCUT2D eigenvalue weighted by molar-refractivity contribution is 5.31. The van der Waals surface area contributed by atoms with E-state index in [1.54, 1.807) is 24.4 Å². The second-order valence-electron chi connectivity index (χ2n) is 4.06. The molecule has 0 saturated heterocycles. The molecular weight excluding hydrogens is 229 g/mol. The Morgan fingerprint density at radius 2 is 2.17 bits per heavy atom. The summed E-state index contributed by atoms with van der Waals surface area (Å²) in [6.45, 7) is 6.37. The van der Waals surface area contributed by atoms with Crippen LogP contribution in [0.25, 0.3) is 0 Å². The number of anilines is 1. The van der Waals surface area contributed by atoms with Gasteiger partial charge in [0, 0.05) is 18.9 Å². The Kier molecular flexibility index (Phi) is 3.77. The summed E-state index contributed by atoms with van der Waals surface area (Å²) in [5.41, 5.74) is 1.04. The highest BCUT2D eigenvalue weighted by Gasteiger charge is 2.11. The monoisotopic (exact) mass is 245 g/mol. The predicted molar refractivity (Wildman–Crippen MR) is 71.1 cm³/mol. The number of benzene rings is 1. The van der Waals surface area contributed by atoms with Gasteiger partial charge in [-0.25, -0.2) is 9.37 Å². The molecule has 3 nitrogen and oxygen atoms in total. The van der Waals surface area contributed by atoms with Crippen LogP contribution in [0.5, 0.6) is 0 Å². The highest BCUT2D eigenvalue weighted by Crippen LogP contribution is 2.21. The Labute approximate surface area is 106 Å². The molecule has 0 radical (unpaired) electrons. The summed E-state index contributed by atoms with van der Waals surface area (Å²) in [6.07, 6.45) is 5.42. The summed E-state index contributed by atoms with van der Waals surface area (Å²) in [4.78, 5) is 4.25.